The summed E-state index contributed by atoms with van der Waals surface area (Å²) in [6.45, 7) is 12.1. The largest absolute Gasteiger partial charge is 0.491 e. The van der Waals surface area contributed by atoms with Gasteiger partial charge in [-0.15, -0.1) is 0 Å². The summed E-state index contributed by atoms with van der Waals surface area (Å²) in [5.41, 5.74) is 4.64. The van der Waals surface area contributed by atoms with Crippen molar-refractivity contribution < 1.29 is 18.7 Å². The number of amides is 1. The van der Waals surface area contributed by atoms with E-state index < -0.39 is 0 Å². The zero-order valence-electron chi connectivity index (χ0n) is 23.1. The first-order valence-corrected chi connectivity index (χ1v) is 13.5. The van der Waals surface area contributed by atoms with Gasteiger partial charge in [0.25, 0.3) is 0 Å². The first-order chi connectivity index (χ1) is 17.7. The van der Waals surface area contributed by atoms with Crippen LogP contribution in [0.5, 0.6) is 11.5 Å². The van der Waals surface area contributed by atoms with Crippen molar-refractivity contribution in [3.05, 3.63) is 82.3 Å². The van der Waals surface area contributed by atoms with Crippen LogP contribution in [-0.2, 0) is 17.6 Å². The van der Waals surface area contributed by atoms with Crippen LogP contribution in [0.25, 0.3) is 0 Å². The van der Waals surface area contributed by atoms with E-state index in [-0.39, 0.29) is 30.6 Å². The molecule has 0 saturated heterocycles. The third kappa shape index (κ3) is 7.41. The summed E-state index contributed by atoms with van der Waals surface area (Å²) in [7, 11) is 0. The predicted molar refractivity (Wildman–Crippen MR) is 147 cm³/mol. The Hall–Kier alpha value is -3.21. The molecule has 1 aliphatic carbocycles. The minimum absolute atomic E-state index is 0.0463. The Labute approximate surface area is 221 Å². The van der Waals surface area contributed by atoms with Gasteiger partial charge >= 0.3 is 0 Å². The van der Waals surface area contributed by atoms with Crippen LogP contribution < -0.4 is 14.8 Å². The molecule has 2 aromatic carbocycles. The van der Waals surface area contributed by atoms with Gasteiger partial charge in [0.05, 0.1) is 24.7 Å². The van der Waals surface area contributed by atoms with E-state index >= 15 is 0 Å². The Morgan fingerprint density at radius 1 is 1.00 bits per heavy atom. The van der Waals surface area contributed by atoms with Gasteiger partial charge in [0.15, 0.2) is 0 Å². The number of carbonyl (C=O) groups is 1. The molecule has 1 N–H and O–H groups in total. The van der Waals surface area contributed by atoms with E-state index in [1.165, 1.54) is 17.5 Å². The quantitative estimate of drug-likeness (QED) is 0.318. The number of ether oxygens (including phenoxy) is 2. The number of hydrogen-bond acceptors (Lipinski definition) is 4. The summed E-state index contributed by atoms with van der Waals surface area (Å²) in [5.74, 6) is 4.02. The Balaban J connectivity index is 1.25. The average Bonchev–Trinajstić information content (AvgIpc) is 3.40. The average molecular weight is 504 g/mol. The molecule has 5 heteroatoms. The normalized spacial score (nSPS) is 18.1. The Morgan fingerprint density at radius 3 is 2.43 bits per heavy atom. The van der Waals surface area contributed by atoms with Crippen LogP contribution in [0, 0.1) is 26.7 Å². The van der Waals surface area contributed by atoms with Gasteiger partial charge in [-0.1, -0.05) is 24.3 Å². The van der Waals surface area contributed by atoms with E-state index in [4.69, 9.17) is 13.9 Å². The fourth-order valence-electron chi connectivity index (χ4n) is 5.11. The van der Waals surface area contributed by atoms with Crippen LogP contribution in [0.2, 0.25) is 0 Å². The lowest BCUT2D eigenvalue weighted by molar-refractivity contribution is -0.121. The van der Waals surface area contributed by atoms with E-state index in [1.54, 1.807) is 0 Å². The highest BCUT2D eigenvalue weighted by Gasteiger charge is 2.26. The summed E-state index contributed by atoms with van der Waals surface area (Å²) >= 11 is 0. The van der Waals surface area contributed by atoms with Crippen LogP contribution in [0.15, 0.2) is 52.9 Å². The predicted octanol–water partition coefficient (Wildman–Crippen LogP) is 7.20. The van der Waals surface area contributed by atoms with Gasteiger partial charge in [0.1, 0.15) is 23.0 Å². The highest BCUT2D eigenvalue weighted by atomic mass is 16.5. The molecule has 1 fully saturated rings. The number of benzene rings is 2. The number of hydrogen-bond donors (Lipinski definition) is 1. The second-order valence-electron chi connectivity index (χ2n) is 10.9. The first kappa shape index (κ1) is 26.8. The molecule has 1 heterocycles. The van der Waals surface area contributed by atoms with Gasteiger partial charge in [0, 0.05) is 0 Å². The van der Waals surface area contributed by atoms with E-state index in [9.17, 15) is 4.79 Å². The number of carbonyl (C=O) groups excluding carboxylic acids is 1. The summed E-state index contributed by atoms with van der Waals surface area (Å²) in [6.07, 6.45) is 5.04. The molecule has 3 aromatic rings. The molecule has 3 unspecified atom stereocenters. The van der Waals surface area contributed by atoms with Crippen molar-refractivity contribution in [3.8, 4) is 11.5 Å². The Kier molecular flexibility index (Phi) is 8.63. The van der Waals surface area contributed by atoms with Crippen LogP contribution in [0.3, 0.4) is 0 Å². The minimum atomic E-state index is -0.0892. The molecule has 198 valence electrons. The zero-order chi connectivity index (χ0) is 26.5. The maximum atomic E-state index is 12.5. The summed E-state index contributed by atoms with van der Waals surface area (Å²) in [5, 5.41) is 3.06. The van der Waals surface area contributed by atoms with E-state index in [0.717, 1.165) is 47.6 Å². The fourth-order valence-corrected chi connectivity index (χ4v) is 5.11. The van der Waals surface area contributed by atoms with Crippen LogP contribution in [0.1, 0.15) is 79.8 Å². The number of nitrogens with one attached hydrogen (secondary N) is 1. The van der Waals surface area contributed by atoms with Crippen molar-refractivity contribution in [1.29, 1.82) is 0 Å². The molecule has 0 radical (unpaired) electrons. The minimum Gasteiger partial charge on any atom is -0.491 e. The monoisotopic (exact) mass is 503 g/mol. The second kappa shape index (κ2) is 11.9. The molecule has 37 heavy (non-hydrogen) atoms. The molecule has 1 aromatic heterocycles. The van der Waals surface area contributed by atoms with E-state index in [1.807, 2.05) is 51.1 Å². The molecule has 3 atom stereocenters. The first-order valence-electron chi connectivity index (χ1n) is 13.5. The molecule has 5 nitrogen and oxygen atoms in total. The second-order valence-corrected chi connectivity index (χ2v) is 10.9. The van der Waals surface area contributed by atoms with Gasteiger partial charge in [0.2, 0.25) is 5.91 Å². The van der Waals surface area contributed by atoms with Crippen LogP contribution in [0.4, 0.5) is 0 Å². The lowest BCUT2D eigenvalue weighted by Crippen LogP contribution is -2.28. The highest BCUT2D eigenvalue weighted by molar-refractivity contribution is 5.78. The van der Waals surface area contributed by atoms with E-state index in [0.29, 0.717) is 11.7 Å². The lowest BCUT2D eigenvalue weighted by Gasteiger charge is -2.17. The van der Waals surface area contributed by atoms with Crippen molar-refractivity contribution in [2.45, 2.75) is 91.9 Å². The van der Waals surface area contributed by atoms with Crippen molar-refractivity contribution in [2.75, 3.05) is 0 Å². The van der Waals surface area contributed by atoms with Crippen molar-refractivity contribution in [3.63, 3.8) is 0 Å². The van der Waals surface area contributed by atoms with Crippen molar-refractivity contribution >= 4 is 5.91 Å². The number of rotatable bonds is 10. The van der Waals surface area contributed by atoms with Gasteiger partial charge in [-0.2, -0.15) is 0 Å². The summed E-state index contributed by atoms with van der Waals surface area (Å²) in [4.78, 5) is 12.5. The molecular weight excluding hydrogens is 462 g/mol. The van der Waals surface area contributed by atoms with Gasteiger partial charge in [-0.3, -0.25) is 4.79 Å². The standard InChI is InChI=1S/C32H41NO4/c1-20(2)35-31-18-26(8-7-21(31)3)16-25-9-12-29(17-25)37-28-13-10-27(11-14-28)23(5)33-32(34)19-30-15-22(4)24(6)36-30/h7-8,10-11,13-15,18,20,23,25,29H,9,12,16-17,19H2,1-6H3,(H,33,34). The molecule has 0 spiro atoms. The van der Waals surface area contributed by atoms with E-state index in [2.05, 4.69) is 44.3 Å². The zero-order valence-corrected chi connectivity index (χ0v) is 23.1. The molecule has 0 bridgehead atoms. The summed E-state index contributed by atoms with van der Waals surface area (Å²) in [6, 6.07) is 16.5. The molecular formula is C32H41NO4. The molecule has 4 rings (SSSR count). The maximum Gasteiger partial charge on any atom is 0.228 e. The van der Waals surface area contributed by atoms with Gasteiger partial charge in [-0.25, -0.2) is 0 Å². The fraction of sp³-hybridized carbons (Fsp3) is 0.469. The molecule has 1 aliphatic rings. The molecule has 1 saturated carbocycles. The smallest absolute Gasteiger partial charge is 0.228 e. The Bertz CT molecular complexity index is 1170. The van der Waals surface area contributed by atoms with Gasteiger partial charge in [-0.05, 0) is 120 Å². The number of aryl methyl sites for hydroxylation is 3. The van der Waals surface area contributed by atoms with Crippen LogP contribution >= 0.6 is 0 Å². The molecule has 0 aliphatic heterocycles. The lowest BCUT2D eigenvalue weighted by atomic mass is 9.97. The third-order valence-corrected chi connectivity index (χ3v) is 7.24. The Morgan fingerprint density at radius 2 is 1.76 bits per heavy atom. The maximum absolute atomic E-state index is 12.5. The van der Waals surface area contributed by atoms with Crippen molar-refractivity contribution in [1.82, 2.24) is 5.32 Å². The number of furan rings is 1. The summed E-state index contributed by atoms with van der Waals surface area (Å²) < 4.78 is 17.9. The SMILES string of the molecule is Cc1ccc(CC2CCC(Oc3ccc(C(C)NC(=O)Cc4cc(C)c(C)o4)cc3)C2)cc1OC(C)C. The topological polar surface area (TPSA) is 60.7 Å². The molecule has 1 amide bonds. The van der Waals surface area contributed by atoms with Gasteiger partial charge < -0.3 is 19.2 Å². The third-order valence-electron chi connectivity index (χ3n) is 7.24. The van der Waals surface area contributed by atoms with Crippen molar-refractivity contribution in [2.24, 2.45) is 5.92 Å². The van der Waals surface area contributed by atoms with Crippen LogP contribution in [-0.4, -0.2) is 18.1 Å². The highest BCUT2D eigenvalue weighted by Crippen LogP contribution is 2.33.